The average Bonchev–Trinajstić information content (AvgIpc) is 3.37. The number of anilines is 1. The number of rotatable bonds is 4. The zero-order valence-corrected chi connectivity index (χ0v) is 16.5. The van der Waals surface area contributed by atoms with E-state index in [2.05, 4.69) is 15.4 Å². The van der Waals surface area contributed by atoms with Gasteiger partial charge in [-0.3, -0.25) is 0 Å². The first-order chi connectivity index (χ1) is 13.0. The van der Waals surface area contributed by atoms with Crippen LogP contribution in [0.3, 0.4) is 0 Å². The molecule has 0 bridgehead atoms. The van der Waals surface area contributed by atoms with Gasteiger partial charge in [-0.25, -0.2) is 0 Å². The predicted molar refractivity (Wildman–Crippen MR) is 101 cm³/mol. The van der Waals surface area contributed by atoms with E-state index in [0.717, 1.165) is 33.0 Å². The van der Waals surface area contributed by atoms with Gasteiger partial charge in [-0.05, 0) is 0 Å². The van der Waals surface area contributed by atoms with E-state index in [0.29, 0.717) is 4.44 Å². The van der Waals surface area contributed by atoms with E-state index in [1.807, 2.05) is 24.6 Å². The van der Waals surface area contributed by atoms with Crippen LogP contribution >= 0.6 is 11.3 Å². The third kappa shape index (κ3) is 3.49. The van der Waals surface area contributed by atoms with Gasteiger partial charge in [0.1, 0.15) is 0 Å². The van der Waals surface area contributed by atoms with Crippen LogP contribution in [0.4, 0.5) is 14.5 Å². The van der Waals surface area contributed by atoms with Crippen molar-refractivity contribution in [1.29, 1.82) is 0 Å². The Bertz CT molecular complexity index is 1100. The predicted octanol–water partition coefficient (Wildman–Crippen LogP) is 3.80. The Hall–Kier alpha value is -2.61. The number of carbonyl (C=O) groups is 1. The van der Waals surface area contributed by atoms with Crippen LogP contribution in [0.25, 0.3) is 20.8 Å². The van der Waals surface area contributed by atoms with Gasteiger partial charge >= 0.3 is 163 Å². The number of benzene rings is 1. The van der Waals surface area contributed by atoms with E-state index in [1.54, 1.807) is 16.9 Å². The molecule has 9 heteroatoms. The second kappa shape index (κ2) is 7.19. The molecule has 0 fully saturated rings. The van der Waals surface area contributed by atoms with Crippen molar-refractivity contribution in [2.75, 3.05) is 5.32 Å². The van der Waals surface area contributed by atoms with Gasteiger partial charge in [0.05, 0.1) is 0 Å². The minimum absolute atomic E-state index is 0.306. The van der Waals surface area contributed by atoms with Crippen molar-refractivity contribution in [2.24, 2.45) is 7.05 Å². The molecule has 0 saturated carbocycles. The van der Waals surface area contributed by atoms with Crippen molar-refractivity contribution in [2.45, 2.75) is 0 Å². The fourth-order valence-electron chi connectivity index (χ4n) is 2.54. The van der Waals surface area contributed by atoms with E-state index >= 15 is 0 Å². The molecule has 3 aromatic heterocycles. The summed E-state index contributed by atoms with van der Waals surface area (Å²) in [7, 11) is 1.83. The second-order valence-corrected chi connectivity index (χ2v) is 8.76. The minimum atomic E-state index is -0.803. The molecule has 1 N–H and O–H groups in total. The number of nitrogens with zero attached hydrogens (tertiary/aromatic N) is 3. The van der Waals surface area contributed by atoms with E-state index in [4.69, 9.17) is 0 Å². The number of hydrogen-bond acceptors (Lipinski definition) is 4. The maximum absolute atomic E-state index is 13.7. The van der Waals surface area contributed by atoms with Crippen molar-refractivity contribution >= 4 is 37.4 Å². The maximum atomic E-state index is 13.7. The Labute approximate surface area is 163 Å². The van der Waals surface area contributed by atoms with Gasteiger partial charge in [-0.15, -0.1) is 0 Å². The van der Waals surface area contributed by atoms with Crippen LogP contribution in [0.2, 0.25) is 0 Å². The second-order valence-electron chi connectivity index (χ2n) is 5.59. The van der Waals surface area contributed by atoms with Gasteiger partial charge in [-0.1, -0.05) is 0 Å². The number of carbonyl (C=O) groups excluding carboxylic acids is 1. The average molecular weight is 449 g/mol. The van der Waals surface area contributed by atoms with Crippen LogP contribution in [-0.4, -0.2) is 35.2 Å². The summed E-state index contributed by atoms with van der Waals surface area (Å²) >= 11 is 1.19. The van der Waals surface area contributed by atoms with Crippen molar-refractivity contribution < 1.29 is 13.6 Å². The summed E-state index contributed by atoms with van der Waals surface area (Å²) in [6.45, 7) is 0. The van der Waals surface area contributed by atoms with E-state index in [9.17, 15) is 13.6 Å². The van der Waals surface area contributed by atoms with E-state index in [1.165, 1.54) is 17.4 Å². The third-order valence-corrected chi connectivity index (χ3v) is 6.93. The first-order valence-electron chi connectivity index (χ1n) is 7.82. The molecule has 5 nitrogen and oxygen atoms in total. The van der Waals surface area contributed by atoms with Crippen molar-refractivity contribution in [3.63, 3.8) is 0 Å². The van der Waals surface area contributed by atoms with Gasteiger partial charge in [0, 0.05) is 0 Å². The Morgan fingerprint density at radius 1 is 1.22 bits per heavy atom. The molecule has 1 aromatic carbocycles. The Morgan fingerprint density at radius 3 is 2.70 bits per heavy atom. The molecule has 0 unspecified atom stereocenters. The fraction of sp³-hybridized carbons (Fsp3) is 0.0556. The summed E-state index contributed by atoms with van der Waals surface area (Å²) in [4.78, 5) is 16.7. The summed E-state index contributed by atoms with van der Waals surface area (Å²) in [6, 6.07) is 8.91. The van der Waals surface area contributed by atoms with Gasteiger partial charge in [-0.2, -0.15) is 0 Å². The summed E-state index contributed by atoms with van der Waals surface area (Å²) in [5.41, 5.74) is 1.22. The zero-order valence-electron chi connectivity index (χ0n) is 13.9. The Kier molecular flexibility index (Phi) is 4.73. The molecule has 4 rings (SSSR count). The van der Waals surface area contributed by atoms with Crippen LogP contribution in [-0.2, 0) is 7.05 Å². The topological polar surface area (TPSA) is 59.8 Å². The molecule has 0 aliphatic rings. The summed E-state index contributed by atoms with van der Waals surface area (Å²) < 4.78 is 30.6. The fourth-order valence-corrected chi connectivity index (χ4v) is 5.12. The zero-order chi connectivity index (χ0) is 19.0. The number of thiazole rings is 1. The molecular weight excluding hydrogens is 437 g/mol. The molecular formula is C18H12F2N4OSSe. The number of amides is 1. The van der Waals surface area contributed by atoms with Gasteiger partial charge < -0.3 is 0 Å². The van der Waals surface area contributed by atoms with Crippen LogP contribution in [0.5, 0.6) is 0 Å². The number of nitrogens with one attached hydrogen (secondary N) is 1. The number of halogens is 2. The van der Waals surface area contributed by atoms with Crippen molar-refractivity contribution in [3.8, 4) is 20.8 Å². The van der Waals surface area contributed by atoms with Gasteiger partial charge in [0.2, 0.25) is 0 Å². The molecule has 136 valence electrons. The standard InChI is InChI=1S/C18H12F2N4OSSe/c1-24-13(9-12(23-24)18-21-7-8-26-18)14-5-6-15(27-14)17(25)22-16-10(19)3-2-4-11(16)20/h2-9H,1H3,(H,22,25). The van der Waals surface area contributed by atoms with Crippen molar-refractivity contribution in [3.05, 3.63) is 64.0 Å². The van der Waals surface area contributed by atoms with E-state index in [-0.39, 0.29) is 14.5 Å². The van der Waals surface area contributed by atoms with Crippen LogP contribution in [0, 0.1) is 11.6 Å². The van der Waals surface area contributed by atoms with Crippen LogP contribution in [0.1, 0.15) is 9.23 Å². The van der Waals surface area contributed by atoms with Crippen LogP contribution in [0.15, 0.2) is 48.0 Å². The molecule has 0 saturated heterocycles. The number of para-hydroxylation sites is 1. The molecule has 0 aliphatic heterocycles. The van der Waals surface area contributed by atoms with Crippen LogP contribution < -0.4 is 5.32 Å². The van der Waals surface area contributed by atoms with Gasteiger partial charge in [0.25, 0.3) is 0 Å². The molecule has 0 atom stereocenters. The molecule has 0 radical (unpaired) electrons. The monoisotopic (exact) mass is 450 g/mol. The Morgan fingerprint density at radius 2 is 2.00 bits per heavy atom. The number of hydrogen-bond donors (Lipinski definition) is 1. The van der Waals surface area contributed by atoms with Crippen molar-refractivity contribution in [1.82, 2.24) is 14.8 Å². The first-order valence-corrected chi connectivity index (χ1v) is 10.4. The summed E-state index contributed by atoms with van der Waals surface area (Å²) in [5.74, 6) is -2.11. The molecule has 4 aromatic rings. The Balaban J connectivity index is 1.60. The third-order valence-electron chi connectivity index (χ3n) is 3.81. The number of aryl methyl sites for hydroxylation is 1. The molecule has 1 amide bonds. The summed E-state index contributed by atoms with van der Waals surface area (Å²) in [6.07, 6.45) is 1.72. The molecule has 3 heterocycles. The molecule has 27 heavy (non-hydrogen) atoms. The number of aromatic nitrogens is 3. The van der Waals surface area contributed by atoms with Gasteiger partial charge in [0.15, 0.2) is 0 Å². The molecule has 0 spiro atoms. The van der Waals surface area contributed by atoms with E-state index < -0.39 is 23.2 Å². The SMILES string of the molecule is Cn1nc(-c2nccs2)cc1-c1ccc(C(=O)Nc2c(F)cccc2F)[se]1. The summed E-state index contributed by atoms with van der Waals surface area (Å²) in [5, 5.41) is 9.50. The normalized spacial score (nSPS) is 10.9. The quantitative estimate of drug-likeness (QED) is 0.483. The molecule has 0 aliphatic carbocycles. The first kappa shape index (κ1) is 17.8.